The maximum atomic E-state index is 5.60. The van der Waals surface area contributed by atoms with Crippen molar-refractivity contribution in [3.8, 4) is 0 Å². The fourth-order valence-electron chi connectivity index (χ4n) is 2.37. The first-order valence-electron chi connectivity index (χ1n) is 6.68. The van der Waals surface area contributed by atoms with Crippen molar-refractivity contribution in [1.29, 1.82) is 0 Å². The molecule has 2 rings (SSSR count). The average molecular weight is 246 g/mol. The SMILES string of the molecule is CCC1CCN(C(=Nc2ccccc2)NN)CC1. The third-order valence-corrected chi connectivity index (χ3v) is 3.61. The van der Waals surface area contributed by atoms with Crippen LogP contribution >= 0.6 is 0 Å². The minimum absolute atomic E-state index is 0.774. The molecule has 4 heteroatoms. The van der Waals surface area contributed by atoms with Crippen molar-refractivity contribution in [2.45, 2.75) is 26.2 Å². The Morgan fingerprint density at radius 3 is 2.56 bits per heavy atom. The van der Waals surface area contributed by atoms with Crippen molar-refractivity contribution in [3.63, 3.8) is 0 Å². The van der Waals surface area contributed by atoms with Gasteiger partial charge < -0.3 is 4.90 Å². The summed E-state index contributed by atoms with van der Waals surface area (Å²) in [5.41, 5.74) is 3.66. The molecule has 0 radical (unpaired) electrons. The Bertz CT molecular complexity index is 380. The largest absolute Gasteiger partial charge is 0.342 e. The Hall–Kier alpha value is -1.55. The number of nitrogens with one attached hydrogen (secondary N) is 1. The fraction of sp³-hybridized carbons (Fsp3) is 0.500. The number of piperidine rings is 1. The van der Waals surface area contributed by atoms with Crippen LogP contribution in [0.15, 0.2) is 35.3 Å². The van der Waals surface area contributed by atoms with Crippen LogP contribution in [-0.4, -0.2) is 23.9 Å². The van der Waals surface area contributed by atoms with E-state index in [1.807, 2.05) is 30.3 Å². The van der Waals surface area contributed by atoms with E-state index < -0.39 is 0 Å². The van der Waals surface area contributed by atoms with E-state index >= 15 is 0 Å². The number of rotatable bonds is 2. The maximum absolute atomic E-state index is 5.60. The topological polar surface area (TPSA) is 53.6 Å². The molecule has 1 aromatic carbocycles. The highest BCUT2D eigenvalue weighted by Crippen LogP contribution is 2.20. The number of benzene rings is 1. The molecule has 0 saturated carbocycles. The number of nitrogens with zero attached hydrogens (tertiary/aromatic N) is 2. The first-order valence-corrected chi connectivity index (χ1v) is 6.68. The van der Waals surface area contributed by atoms with Gasteiger partial charge in [-0.15, -0.1) is 0 Å². The lowest BCUT2D eigenvalue weighted by molar-refractivity contribution is 0.256. The Balaban J connectivity index is 2.03. The monoisotopic (exact) mass is 246 g/mol. The van der Waals surface area contributed by atoms with Gasteiger partial charge in [0.1, 0.15) is 0 Å². The summed E-state index contributed by atoms with van der Waals surface area (Å²) < 4.78 is 0. The summed E-state index contributed by atoms with van der Waals surface area (Å²) in [6, 6.07) is 9.92. The van der Waals surface area contributed by atoms with E-state index in [-0.39, 0.29) is 0 Å². The van der Waals surface area contributed by atoms with Gasteiger partial charge in [-0.2, -0.15) is 0 Å². The number of hydrazine groups is 1. The number of likely N-dealkylation sites (tertiary alicyclic amines) is 1. The number of guanidine groups is 1. The quantitative estimate of drug-likeness (QED) is 0.364. The molecule has 0 spiro atoms. The lowest BCUT2D eigenvalue weighted by atomic mass is 9.95. The van der Waals surface area contributed by atoms with E-state index in [0.29, 0.717) is 0 Å². The predicted octanol–water partition coefficient (Wildman–Crippen LogP) is 2.26. The molecule has 1 aliphatic heterocycles. The van der Waals surface area contributed by atoms with Crippen LogP contribution in [0.4, 0.5) is 5.69 Å². The van der Waals surface area contributed by atoms with Crippen molar-refractivity contribution in [2.24, 2.45) is 16.8 Å². The van der Waals surface area contributed by atoms with E-state index in [1.165, 1.54) is 19.3 Å². The third kappa shape index (κ3) is 3.23. The second kappa shape index (κ2) is 6.40. The van der Waals surface area contributed by atoms with E-state index in [1.54, 1.807) is 0 Å². The highest BCUT2D eigenvalue weighted by atomic mass is 15.4. The van der Waals surface area contributed by atoms with Gasteiger partial charge in [-0.3, -0.25) is 5.43 Å². The van der Waals surface area contributed by atoms with Crippen LogP contribution in [0.2, 0.25) is 0 Å². The van der Waals surface area contributed by atoms with Crippen LogP contribution in [-0.2, 0) is 0 Å². The van der Waals surface area contributed by atoms with Gasteiger partial charge in [-0.05, 0) is 30.9 Å². The Morgan fingerprint density at radius 2 is 2.00 bits per heavy atom. The van der Waals surface area contributed by atoms with Crippen LogP contribution < -0.4 is 11.3 Å². The zero-order valence-electron chi connectivity index (χ0n) is 11.0. The summed E-state index contributed by atoms with van der Waals surface area (Å²) in [4.78, 5) is 6.79. The molecule has 98 valence electrons. The van der Waals surface area contributed by atoms with Crippen LogP contribution in [0.5, 0.6) is 0 Å². The van der Waals surface area contributed by atoms with Gasteiger partial charge in [0.05, 0.1) is 5.69 Å². The minimum atomic E-state index is 0.774. The average Bonchev–Trinajstić information content (AvgIpc) is 2.46. The fourth-order valence-corrected chi connectivity index (χ4v) is 2.37. The molecule has 4 nitrogen and oxygen atoms in total. The molecule has 0 bridgehead atoms. The van der Waals surface area contributed by atoms with Gasteiger partial charge >= 0.3 is 0 Å². The normalized spacial score (nSPS) is 17.9. The van der Waals surface area contributed by atoms with Crippen molar-refractivity contribution in [1.82, 2.24) is 10.3 Å². The van der Waals surface area contributed by atoms with Crippen molar-refractivity contribution in [2.75, 3.05) is 13.1 Å². The molecule has 1 saturated heterocycles. The second-order valence-electron chi connectivity index (χ2n) is 4.75. The number of hydrogen-bond acceptors (Lipinski definition) is 2. The molecular weight excluding hydrogens is 224 g/mol. The van der Waals surface area contributed by atoms with Gasteiger partial charge in [0.25, 0.3) is 0 Å². The van der Waals surface area contributed by atoms with Crippen LogP contribution in [0.25, 0.3) is 0 Å². The van der Waals surface area contributed by atoms with E-state index in [9.17, 15) is 0 Å². The molecule has 1 heterocycles. The zero-order chi connectivity index (χ0) is 12.8. The number of para-hydroxylation sites is 1. The van der Waals surface area contributed by atoms with Gasteiger partial charge in [0, 0.05) is 13.1 Å². The molecule has 1 aromatic rings. The van der Waals surface area contributed by atoms with Crippen molar-refractivity contribution in [3.05, 3.63) is 30.3 Å². The van der Waals surface area contributed by atoms with E-state index in [4.69, 9.17) is 5.84 Å². The highest BCUT2D eigenvalue weighted by Gasteiger charge is 2.19. The summed E-state index contributed by atoms with van der Waals surface area (Å²) >= 11 is 0. The van der Waals surface area contributed by atoms with Gasteiger partial charge in [-0.1, -0.05) is 31.5 Å². The first kappa shape index (κ1) is 12.9. The van der Waals surface area contributed by atoms with Gasteiger partial charge in [0.2, 0.25) is 5.96 Å². The molecule has 18 heavy (non-hydrogen) atoms. The standard InChI is InChI=1S/C14H22N4/c1-2-12-8-10-18(11-9-12)14(17-15)16-13-6-4-3-5-7-13/h3-7,12H,2,8-11,15H2,1H3,(H,16,17). The zero-order valence-corrected chi connectivity index (χ0v) is 11.0. The van der Waals surface area contributed by atoms with Crippen molar-refractivity contribution < 1.29 is 0 Å². The van der Waals surface area contributed by atoms with E-state index in [2.05, 4.69) is 22.2 Å². The summed E-state index contributed by atoms with van der Waals surface area (Å²) in [7, 11) is 0. The number of hydrogen-bond donors (Lipinski definition) is 2. The third-order valence-electron chi connectivity index (χ3n) is 3.61. The molecule has 0 aromatic heterocycles. The van der Waals surface area contributed by atoms with Crippen LogP contribution in [0.1, 0.15) is 26.2 Å². The molecule has 0 atom stereocenters. The van der Waals surface area contributed by atoms with Gasteiger partial charge in [-0.25, -0.2) is 10.8 Å². The van der Waals surface area contributed by atoms with Crippen molar-refractivity contribution >= 4 is 11.6 Å². The minimum Gasteiger partial charge on any atom is -0.342 e. The molecule has 1 fully saturated rings. The predicted molar refractivity (Wildman–Crippen MR) is 75.4 cm³/mol. The van der Waals surface area contributed by atoms with Crippen LogP contribution in [0.3, 0.4) is 0 Å². The summed E-state index contributed by atoms with van der Waals surface area (Å²) in [5, 5.41) is 0. The molecule has 1 aliphatic rings. The second-order valence-corrected chi connectivity index (χ2v) is 4.75. The van der Waals surface area contributed by atoms with Gasteiger partial charge in [0.15, 0.2) is 0 Å². The molecular formula is C14H22N4. The lowest BCUT2D eigenvalue weighted by Gasteiger charge is -2.33. The first-order chi connectivity index (χ1) is 8.83. The Morgan fingerprint density at radius 1 is 1.33 bits per heavy atom. The smallest absolute Gasteiger partial charge is 0.213 e. The number of aliphatic imine (C=N–C) groups is 1. The molecule has 0 unspecified atom stereocenters. The molecule has 0 amide bonds. The lowest BCUT2D eigenvalue weighted by Crippen LogP contribution is -2.48. The van der Waals surface area contributed by atoms with Crippen LogP contribution in [0, 0.1) is 5.92 Å². The molecule has 0 aliphatic carbocycles. The molecule has 3 N–H and O–H groups in total. The highest BCUT2D eigenvalue weighted by molar-refractivity contribution is 5.82. The van der Waals surface area contributed by atoms with E-state index in [0.717, 1.165) is 30.7 Å². The summed E-state index contributed by atoms with van der Waals surface area (Å²) in [5.74, 6) is 7.23. The summed E-state index contributed by atoms with van der Waals surface area (Å²) in [6.45, 7) is 4.34. The maximum Gasteiger partial charge on any atom is 0.213 e. The number of nitrogens with two attached hydrogens (primary N) is 1. The Kier molecular flexibility index (Phi) is 4.59. The summed E-state index contributed by atoms with van der Waals surface area (Å²) in [6.07, 6.45) is 3.73. The Labute approximate surface area is 109 Å².